The molecule has 1 unspecified atom stereocenters. The van der Waals surface area contributed by atoms with Gasteiger partial charge in [-0.15, -0.1) is 0 Å². The van der Waals surface area contributed by atoms with Crippen molar-refractivity contribution in [2.24, 2.45) is 0 Å². The van der Waals surface area contributed by atoms with E-state index in [0.717, 1.165) is 6.07 Å². The Morgan fingerprint density at radius 1 is 1.35 bits per heavy atom. The standard InChI is InChI=1S/C13H17F2NO4/c1-13(2,3)20-12(19)16-9-5-4-7(17)6-8(9)10(18)11(14)15/h4-6,10-11,17-18H,1-3H3,(H,16,19). The number of carbonyl (C=O) groups is 1. The third-order valence-corrected chi connectivity index (χ3v) is 2.23. The smallest absolute Gasteiger partial charge is 0.412 e. The molecule has 0 radical (unpaired) electrons. The maximum Gasteiger partial charge on any atom is 0.412 e. The molecule has 7 heteroatoms. The van der Waals surface area contributed by atoms with Crippen molar-refractivity contribution in [2.75, 3.05) is 5.32 Å². The molecule has 0 saturated carbocycles. The molecule has 1 amide bonds. The van der Waals surface area contributed by atoms with Crippen molar-refractivity contribution in [3.8, 4) is 5.75 Å². The molecule has 1 atom stereocenters. The number of hydrogen-bond donors (Lipinski definition) is 3. The molecular formula is C13H17F2NO4. The van der Waals surface area contributed by atoms with Gasteiger partial charge in [0.2, 0.25) is 0 Å². The van der Waals surface area contributed by atoms with Crippen molar-refractivity contribution in [2.45, 2.75) is 38.9 Å². The van der Waals surface area contributed by atoms with Gasteiger partial charge in [-0.1, -0.05) is 0 Å². The summed E-state index contributed by atoms with van der Waals surface area (Å²) in [7, 11) is 0. The van der Waals surface area contributed by atoms with Gasteiger partial charge < -0.3 is 14.9 Å². The second kappa shape index (κ2) is 6.04. The number of carbonyl (C=O) groups excluding carboxylic acids is 1. The predicted molar refractivity (Wildman–Crippen MR) is 68.9 cm³/mol. The lowest BCUT2D eigenvalue weighted by molar-refractivity contribution is -0.00553. The van der Waals surface area contributed by atoms with Crippen LogP contribution in [0, 0.1) is 0 Å². The largest absolute Gasteiger partial charge is 0.508 e. The Bertz CT molecular complexity index is 486. The molecule has 0 heterocycles. The Balaban J connectivity index is 2.98. The Kier molecular flexibility index (Phi) is 4.88. The fourth-order valence-electron chi connectivity index (χ4n) is 1.46. The predicted octanol–water partition coefficient (Wildman–Crippen LogP) is 3.04. The van der Waals surface area contributed by atoms with E-state index in [9.17, 15) is 23.8 Å². The highest BCUT2D eigenvalue weighted by Gasteiger charge is 2.24. The molecule has 20 heavy (non-hydrogen) atoms. The summed E-state index contributed by atoms with van der Waals surface area (Å²) in [4.78, 5) is 11.6. The summed E-state index contributed by atoms with van der Waals surface area (Å²) in [6.07, 6.45) is -6.01. The van der Waals surface area contributed by atoms with E-state index in [4.69, 9.17) is 4.74 Å². The second-order valence-electron chi connectivity index (χ2n) is 5.18. The molecule has 0 bridgehead atoms. The van der Waals surface area contributed by atoms with Crippen molar-refractivity contribution in [1.29, 1.82) is 0 Å². The average Bonchev–Trinajstić information content (AvgIpc) is 2.27. The maximum absolute atomic E-state index is 12.6. The lowest BCUT2D eigenvalue weighted by atomic mass is 10.1. The zero-order chi connectivity index (χ0) is 15.5. The molecule has 0 aromatic heterocycles. The monoisotopic (exact) mass is 289 g/mol. The molecule has 0 aliphatic rings. The minimum absolute atomic E-state index is 0.0511. The van der Waals surface area contributed by atoms with Gasteiger partial charge in [-0.05, 0) is 39.0 Å². The highest BCUT2D eigenvalue weighted by molar-refractivity contribution is 5.86. The molecule has 0 spiro atoms. The highest BCUT2D eigenvalue weighted by Crippen LogP contribution is 2.31. The van der Waals surface area contributed by atoms with Gasteiger partial charge in [0.1, 0.15) is 17.5 Å². The van der Waals surface area contributed by atoms with E-state index in [1.807, 2.05) is 0 Å². The van der Waals surface area contributed by atoms with Crippen LogP contribution < -0.4 is 5.32 Å². The summed E-state index contributed by atoms with van der Waals surface area (Å²) >= 11 is 0. The van der Waals surface area contributed by atoms with Gasteiger partial charge in [0, 0.05) is 5.56 Å². The molecule has 1 aromatic carbocycles. The normalized spacial score (nSPS) is 13.2. The first-order valence-corrected chi connectivity index (χ1v) is 5.89. The number of rotatable bonds is 3. The highest BCUT2D eigenvalue weighted by atomic mass is 19.3. The van der Waals surface area contributed by atoms with Crippen LogP contribution in [0.3, 0.4) is 0 Å². The van der Waals surface area contributed by atoms with E-state index in [-0.39, 0.29) is 17.0 Å². The number of phenols is 1. The molecule has 5 nitrogen and oxygen atoms in total. The summed E-state index contributed by atoms with van der Waals surface area (Å²) in [5, 5.41) is 20.9. The van der Waals surface area contributed by atoms with E-state index in [0.29, 0.717) is 0 Å². The number of amides is 1. The number of anilines is 1. The molecule has 0 aliphatic carbocycles. The minimum Gasteiger partial charge on any atom is -0.508 e. The molecule has 112 valence electrons. The van der Waals surface area contributed by atoms with Crippen LogP contribution in [0.5, 0.6) is 5.75 Å². The number of phenolic OH excluding ortho intramolecular Hbond substituents is 1. The fraction of sp³-hybridized carbons (Fsp3) is 0.462. The number of aliphatic hydroxyl groups excluding tert-OH is 1. The third-order valence-electron chi connectivity index (χ3n) is 2.23. The number of hydrogen-bond acceptors (Lipinski definition) is 4. The van der Waals surface area contributed by atoms with E-state index >= 15 is 0 Å². The van der Waals surface area contributed by atoms with E-state index in [2.05, 4.69) is 5.32 Å². The first kappa shape index (κ1) is 16.2. The topological polar surface area (TPSA) is 78.8 Å². The van der Waals surface area contributed by atoms with Crippen LogP contribution in [0.25, 0.3) is 0 Å². The lowest BCUT2D eigenvalue weighted by Crippen LogP contribution is -2.27. The van der Waals surface area contributed by atoms with Gasteiger partial charge in [-0.25, -0.2) is 13.6 Å². The van der Waals surface area contributed by atoms with Gasteiger partial charge in [-0.2, -0.15) is 0 Å². The van der Waals surface area contributed by atoms with Crippen molar-refractivity contribution < 1.29 is 28.5 Å². The Morgan fingerprint density at radius 2 is 1.95 bits per heavy atom. The van der Waals surface area contributed by atoms with Crippen molar-refractivity contribution in [3.63, 3.8) is 0 Å². The fourth-order valence-corrected chi connectivity index (χ4v) is 1.46. The zero-order valence-corrected chi connectivity index (χ0v) is 11.4. The summed E-state index contributed by atoms with van der Waals surface area (Å²) in [5.41, 5.74) is -1.08. The number of aliphatic hydroxyl groups is 1. The van der Waals surface area contributed by atoms with Gasteiger partial charge in [-0.3, -0.25) is 5.32 Å². The summed E-state index contributed by atoms with van der Waals surface area (Å²) in [6.45, 7) is 4.95. The van der Waals surface area contributed by atoms with Crippen LogP contribution in [0.1, 0.15) is 32.4 Å². The summed E-state index contributed by atoms with van der Waals surface area (Å²) < 4.78 is 30.1. The van der Waals surface area contributed by atoms with Gasteiger partial charge in [0.25, 0.3) is 6.43 Å². The van der Waals surface area contributed by atoms with Crippen LogP contribution in [-0.2, 0) is 4.74 Å². The minimum atomic E-state index is -3.05. The quantitative estimate of drug-likeness (QED) is 0.747. The molecule has 1 aromatic rings. The third kappa shape index (κ3) is 4.65. The Labute approximate surface area is 115 Å². The number of benzene rings is 1. The van der Waals surface area contributed by atoms with Crippen LogP contribution in [-0.4, -0.2) is 28.3 Å². The molecule has 0 saturated heterocycles. The van der Waals surface area contributed by atoms with Crippen LogP contribution in [0.2, 0.25) is 0 Å². The van der Waals surface area contributed by atoms with E-state index < -0.39 is 24.2 Å². The van der Waals surface area contributed by atoms with Crippen LogP contribution in [0.4, 0.5) is 19.3 Å². The second-order valence-corrected chi connectivity index (χ2v) is 5.18. The van der Waals surface area contributed by atoms with Gasteiger partial charge in [0.05, 0.1) is 5.69 Å². The number of ether oxygens (including phenoxy) is 1. The van der Waals surface area contributed by atoms with Crippen molar-refractivity contribution in [1.82, 2.24) is 0 Å². The first-order valence-electron chi connectivity index (χ1n) is 5.89. The Hall–Kier alpha value is -1.89. The molecule has 0 aliphatic heterocycles. The Morgan fingerprint density at radius 3 is 2.45 bits per heavy atom. The number of halogens is 2. The van der Waals surface area contributed by atoms with Gasteiger partial charge in [0.15, 0.2) is 0 Å². The number of nitrogens with one attached hydrogen (secondary N) is 1. The van der Waals surface area contributed by atoms with Crippen LogP contribution >= 0.6 is 0 Å². The molecular weight excluding hydrogens is 272 g/mol. The van der Waals surface area contributed by atoms with Gasteiger partial charge >= 0.3 is 6.09 Å². The summed E-state index contributed by atoms with van der Waals surface area (Å²) in [6, 6.07) is 3.37. The maximum atomic E-state index is 12.6. The van der Waals surface area contributed by atoms with Crippen molar-refractivity contribution >= 4 is 11.8 Å². The van der Waals surface area contributed by atoms with Crippen LogP contribution in [0.15, 0.2) is 18.2 Å². The molecule has 1 rings (SSSR count). The van der Waals surface area contributed by atoms with E-state index in [1.54, 1.807) is 20.8 Å². The SMILES string of the molecule is CC(C)(C)OC(=O)Nc1ccc(O)cc1C(O)C(F)F. The number of alkyl halides is 2. The lowest BCUT2D eigenvalue weighted by Gasteiger charge is -2.21. The number of aromatic hydroxyl groups is 1. The summed E-state index contributed by atoms with van der Waals surface area (Å²) in [5.74, 6) is -0.297. The molecule has 3 N–H and O–H groups in total. The molecule has 0 fully saturated rings. The van der Waals surface area contributed by atoms with E-state index in [1.165, 1.54) is 12.1 Å². The first-order chi connectivity index (χ1) is 9.10. The zero-order valence-electron chi connectivity index (χ0n) is 11.4. The average molecular weight is 289 g/mol. The van der Waals surface area contributed by atoms with Crippen molar-refractivity contribution in [3.05, 3.63) is 23.8 Å².